The standard InChI is InChI=1S/C11H20O5S/c1-4-15-11(12)9-5-6-10(8(2)7-9)16-17(3,13)14/h8-10H,4-7H2,1-3H3/t8-,9+,10-/m0/s1. The van der Waals surface area contributed by atoms with Crippen LogP contribution in [-0.2, 0) is 23.8 Å². The molecule has 0 bridgehead atoms. The Labute approximate surface area is 103 Å². The minimum absolute atomic E-state index is 0.0490. The Morgan fingerprint density at radius 1 is 1.35 bits per heavy atom. The molecule has 100 valence electrons. The van der Waals surface area contributed by atoms with Gasteiger partial charge in [0.15, 0.2) is 0 Å². The minimum atomic E-state index is -3.42. The van der Waals surface area contributed by atoms with Gasteiger partial charge >= 0.3 is 5.97 Å². The molecule has 0 heterocycles. The summed E-state index contributed by atoms with van der Waals surface area (Å²) in [5, 5.41) is 0. The molecule has 0 spiro atoms. The third-order valence-electron chi connectivity index (χ3n) is 3.01. The van der Waals surface area contributed by atoms with Gasteiger partial charge in [0.1, 0.15) is 0 Å². The second-order valence-electron chi connectivity index (χ2n) is 4.58. The van der Waals surface area contributed by atoms with Crippen LogP contribution in [0.3, 0.4) is 0 Å². The normalized spacial score (nSPS) is 29.9. The largest absolute Gasteiger partial charge is 0.466 e. The van der Waals surface area contributed by atoms with Crippen LogP contribution in [0, 0.1) is 11.8 Å². The summed E-state index contributed by atoms with van der Waals surface area (Å²) >= 11 is 0. The monoisotopic (exact) mass is 264 g/mol. The number of hydrogen-bond donors (Lipinski definition) is 0. The highest BCUT2D eigenvalue weighted by atomic mass is 32.2. The van der Waals surface area contributed by atoms with Crippen molar-refractivity contribution in [1.29, 1.82) is 0 Å². The average molecular weight is 264 g/mol. The summed E-state index contributed by atoms with van der Waals surface area (Å²) in [7, 11) is -3.42. The van der Waals surface area contributed by atoms with Crippen molar-refractivity contribution in [2.75, 3.05) is 12.9 Å². The second kappa shape index (κ2) is 5.82. The molecule has 1 aliphatic carbocycles. The first kappa shape index (κ1) is 14.4. The summed E-state index contributed by atoms with van der Waals surface area (Å²) in [5.41, 5.74) is 0. The number of rotatable bonds is 4. The van der Waals surface area contributed by atoms with Gasteiger partial charge in [0.05, 0.1) is 24.9 Å². The van der Waals surface area contributed by atoms with Gasteiger partial charge in [-0.15, -0.1) is 0 Å². The van der Waals surface area contributed by atoms with Crippen molar-refractivity contribution in [2.24, 2.45) is 11.8 Å². The highest BCUT2D eigenvalue weighted by Crippen LogP contribution is 2.32. The molecule has 6 heteroatoms. The Kier molecular flexibility index (Phi) is 4.94. The molecule has 17 heavy (non-hydrogen) atoms. The van der Waals surface area contributed by atoms with E-state index in [1.807, 2.05) is 6.92 Å². The Hall–Kier alpha value is -0.620. The van der Waals surface area contributed by atoms with E-state index in [0.717, 1.165) is 6.26 Å². The summed E-state index contributed by atoms with van der Waals surface area (Å²) in [6, 6.07) is 0. The number of carbonyl (C=O) groups excluding carboxylic acids is 1. The molecule has 0 radical (unpaired) electrons. The Morgan fingerprint density at radius 2 is 2.00 bits per heavy atom. The van der Waals surface area contributed by atoms with Gasteiger partial charge in [-0.25, -0.2) is 0 Å². The Balaban J connectivity index is 2.52. The van der Waals surface area contributed by atoms with Gasteiger partial charge in [0.2, 0.25) is 0 Å². The number of esters is 1. The second-order valence-corrected chi connectivity index (χ2v) is 6.18. The van der Waals surface area contributed by atoms with Crippen molar-refractivity contribution in [1.82, 2.24) is 0 Å². The zero-order valence-corrected chi connectivity index (χ0v) is 11.3. The summed E-state index contributed by atoms with van der Waals surface area (Å²) in [6.07, 6.45) is 2.58. The molecule has 3 atom stereocenters. The zero-order valence-electron chi connectivity index (χ0n) is 10.5. The lowest BCUT2D eigenvalue weighted by Gasteiger charge is -2.31. The maximum atomic E-state index is 11.6. The maximum Gasteiger partial charge on any atom is 0.308 e. The fourth-order valence-electron chi connectivity index (χ4n) is 2.21. The Morgan fingerprint density at radius 3 is 2.47 bits per heavy atom. The van der Waals surface area contributed by atoms with Crippen LogP contribution >= 0.6 is 0 Å². The van der Waals surface area contributed by atoms with Crippen molar-refractivity contribution < 1.29 is 22.1 Å². The van der Waals surface area contributed by atoms with Crippen LogP contribution in [0.5, 0.6) is 0 Å². The quantitative estimate of drug-likeness (QED) is 0.566. The van der Waals surface area contributed by atoms with Gasteiger partial charge in [-0.2, -0.15) is 8.42 Å². The molecule has 0 saturated heterocycles. The molecule has 0 aliphatic heterocycles. The molecule has 5 nitrogen and oxygen atoms in total. The van der Waals surface area contributed by atoms with E-state index in [9.17, 15) is 13.2 Å². The topological polar surface area (TPSA) is 69.7 Å². The lowest BCUT2D eigenvalue weighted by atomic mass is 9.80. The highest BCUT2D eigenvalue weighted by Gasteiger charge is 2.34. The van der Waals surface area contributed by atoms with E-state index in [-0.39, 0.29) is 23.9 Å². The van der Waals surface area contributed by atoms with Crippen molar-refractivity contribution in [3.05, 3.63) is 0 Å². The number of ether oxygens (including phenoxy) is 1. The molecular weight excluding hydrogens is 244 g/mol. The predicted molar refractivity (Wildman–Crippen MR) is 62.9 cm³/mol. The number of hydrogen-bond acceptors (Lipinski definition) is 5. The van der Waals surface area contributed by atoms with Gasteiger partial charge < -0.3 is 4.74 Å². The number of carbonyl (C=O) groups is 1. The SMILES string of the molecule is CCOC(=O)[C@@H]1CC[C@H](OS(C)(=O)=O)[C@@H](C)C1. The van der Waals surface area contributed by atoms with Crippen molar-refractivity contribution in [3.8, 4) is 0 Å². The van der Waals surface area contributed by atoms with Crippen LogP contribution in [0.25, 0.3) is 0 Å². The van der Waals surface area contributed by atoms with Gasteiger partial charge in [0, 0.05) is 0 Å². The molecule has 0 aromatic rings. The first-order valence-electron chi connectivity index (χ1n) is 5.88. The van der Waals surface area contributed by atoms with Gasteiger partial charge in [-0.1, -0.05) is 6.92 Å². The van der Waals surface area contributed by atoms with Crippen LogP contribution in [-0.4, -0.2) is 33.4 Å². The third kappa shape index (κ3) is 4.63. The van der Waals surface area contributed by atoms with Crippen LogP contribution in [0.2, 0.25) is 0 Å². The van der Waals surface area contributed by atoms with Crippen LogP contribution in [0.15, 0.2) is 0 Å². The van der Waals surface area contributed by atoms with Crippen molar-refractivity contribution >= 4 is 16.1 Å². The van der Waals surface area contributed by atoms with E-state index in [1.165, 1.54) is 0 Å². The van der Waals surface area contributed by atoms with E-state index in [0.29, 0.717) is 25.9 Å². The fraction of sp³-hybridized carbons (Fsp3) is 0.909. The molecule has 0 N–H and O–H groups in total. The molecule has 0 unspecified atom stereocenters. The van der Waals surface area contributed by atoms with E-state index in [4.69, 9.17) is 8.92 Å². The Bertz CT molecular complexity index is 362. The predicted octanol–water partition coefficient (Wildman–Crippen LogP) is 1.33. The third-order valence-corrected chi connectivity index (χ3v) is 3.61. The highest BCUT2D eigenvalue weighted by molar-refractivity contribution is 7.86. The molecule has 0 aromatic heterocycles. The van der Waals surface area contributed by atoms with Gasteiger partial charge in [0.25, 0.3) is 10.1 Å². The summed E-state index contributed by atoms with van der Waals surface area (Å²) < 4.78 is 32.1. The van der Waals surface area contributed by atoms with Crippen molar-refractivity contribution in [2.45, 2.75) is 39.2 Å². The summed E-state index contributed by atoms with van der Waals surface area (Å²) in [5.74, 6) is -0.255. The van der Waals surface area contributed by atoms with E-state index in [2.05, 4.69) is 0 Å². The first-order valence-corrected chi connectivity index (χ1v) is 7.70. The van der Waals surface area contributed by atoms with Crippen LogP contribution < -0.4 is 0 Å². The average Bonchev–Trinajstić information content (AvgIpc) is 2.19. The van der Waals surface area contributed by atoms with Crippen LogP contribution in [0.4, 0.5) is 0 Å². The van der Waals surface area contributed by atoms with E-state index in [1.54, 1.807) is 6.92 Å². The van der Waals surface area contributed by atoms with E-state index < -0.39 is 10.1 Å². The molecule has 1 fully saturated rings. The zero-order chi connectivity index (χ0) is 13.1. The molecular formula is C11H20O5S. The fourth-order valence-corrected chi connectivity index (χ4v) is 2.94. The lowest BCUT2D eigenvalue weighted by Crippen LogP contribution is -2.34. The van der Waals surface area contributed by atoms with Gasteiger partial charge in [-0.3, -0.25) is 8.98 Å². The maximum absolute atomic E-state index is 11.6. The summed E-state index contributed by atoms with van der Waals surface area (Å²) in [6.45, 7) is 4.06. The summed E-state index contributed by atoms with van der Waals surface area (Å²) in [4.78, 5) is 11.6. The minimum Gasteiger partial charge on any atom is -0.466 e. The molecule has 1 aliphatic rings. The first-order chi connectivity index (χ1) is 7.83. The lowest BCUT2D eigenvalue weighted by molar-refractivity contribution is -0.150. The van der Waals surface area contributed by atoms with Crippen molar-refractivity contribution in [3.63, 3.8) is 0 Å². The van der Waals surface area contributed by atoms with E-state index >= 15 is 0 Å². The van der Waals surface area contributed by atoms with Crippen LogP contribution in [0.1, 0.15) is 33.1 Å². The molecule has 0 aromatic carbocycles. The van der Waals surface area contributed by atoms with Gasteiger partial charge in [-0.05, 0) is 32.1 Å². The molecule has 0 amide bonds. The molecule has 1 saturated carbocycles. The molecule has 1 rings (SSSR count). The smallest absolute Gasteiger partial charge is 0.308 e.